The third-order valence-corrected chi connectivity index (χ3v) is 5.39. The molecule has 3 rings (SSSR count). The number of esters is 1. The number of hydrogen-bond donors (Lipinski definition) is 1. The Bertz CT molecular complexity index is 910. The van der Waals surface area contributed by atoms with Crippen LogP contribution in [0.1, 0.15) is 16.1 Å². The third kappa shape index (κ3) is 3.94. The van der Waals surface area contributed by atoms with Crippen LogP contribution < -0.4 is 19.7 Å². The van der Waals surface area contributed by atoms with Crippen molar-refractivity contribution in [3.63, 3.8) is 0 Å². The van der Waals surface area contributed by atoms with Gasteiger partial charge in [0.2, 0.25) is 11.8 Å². The Hall–Kier alpha value is -3.07. The summed E-state index contributed by atoms with van der Waals surface area (Å²) in [5, 5.41) is 3.29. The predicted molar refractivity (Wildman–Crippen MR) is 104 cm³/mol. The molecule has 2 amide bonds. The van der Waals surface area contributed by atoms with E-state index in [2.05, 4.69) is 10.1 Å². The van der Waals surface area contributed by atoms with E-state index in [1.165, 1.54) is 21.3 Å². The molecule has 1 fully saturated rings. The zero-order chi connectivity index (χ0) is 20.3. The average molecular weight is 404 g/mol. The number of thiophene rings is 1. The molecule has 28 heavy (non-hydrogen) atoms. The van der Waals surface area contributed by atoms with Crippen molar-refractivity contribution < 1.29 is 28.6 Å². The van der Waals surface area contributed by atoms with Gasteiger partial charge >= 0.3 is 5.97 Å². The van der Waals surface area contributed by atoms with E-state index >= 15 is 0 Å². The van der Waals surface area contributed by atoms with Gasteiger partial charge in [-0.1, -0.05) is 0 Å². The Morgan fingerprint density at radius 3 is 2.54 bits per heavy atom. The normalized spacial score (nSPS) is 16.0. The monoisotopic (exact) mass is 404 g/mol. The summed E-state index contributed by atoms with van der Waals surface area (Å²) in [6.07, 6.45) is 0.107. The Kier molecular flexibility index (Phi) is 5.84. The summed E-state index contributed by atoms with van der Waals surface area (Å²) < 4.78 is 15.1. The highest BCUT2D eigenvalue weighted by molar-refractivity contribution is 7.18. The van der Waals surface area contributed by atoms with Crippen LogP contribution in [0, 0.1) is 5.92 Å². The Balaban J connectivity index is 1.69. The van der Waals surface area contributed by atoms with Gasteiger partial charge in [-0.3, -0.25) is 9.59 Å². The van der Waals surface area contributed by atoms with Crippen molar-refractivity contribution in [2.75, 3.05) is 38.1 Å². The van der Waals surface area contributed by atoms with Gasteiger partial charge < -0.3 is 24.4 Å². The highest BCUT2D eigenvalue weighted by atomic mass is 32.1. The number of nitrogens with zero attached hydrogens (tertiary/aromatic N) is 1. The SMILES string of the molecule is COC(=O)c1ccc(NC(=O)C2CC(=O)N(c3ccc(OC)c(OC)c3)C2)s1. The molecule has 1 aliphatic rings. The first kappa shape index (κ1) is 19.7. The molecule has 1 aromatic carbocycles. The van der Waals surface area contributed by atoms with E-state index in [0.29, 0.717) is 27.1 Å². The number of ether oxygens (including phenoxy) is 3. The van der Waals surface area contributed by atoms with Crippen molar-refractivity contribution in [3.05, 3.63) is 35.2 Å². The quantitative estimate of drug-likeness (QED) is 0.744. The number of nitrogens with one attached hydrogen (secondary N) is 1. The molecule has 1 saturated heterocycles. The summed E-state index contributed by atoms with van der Waals surface area (Å²) in [5.41, 5.74) is 0.641. The maximum atomic E-state index is 12.6. The summed E-state index contributed by atoms with van der Waals surface area (Å²) >= 11 is 1.12. The summed E-state index contributed by atoms with van der Waals surface area (Å²) in [6, 6.07) is 8.40. The number of carbonyl (C=O) groups is 3. The van der Waals surface area contributed by atoms with Crippen LogP contribution in [0.4, 0.5) is 10.7 Å². The third-order valence-electron chi connectivity index (χ3n) is 4.41. The van der Waals surface area contributed by atoms with Crippen LogP contribution in [0.25, 0.3) is 0 Å². The first-order valence-electron chi connectivity index (χ1n) is 8.48. The molecule has 0 radical (unpaired) electrons. The molecule has 148 valence electrons. The molecular weight excluding hydrogens is 384 g/mol. The number of anilines is 2. The summed E-state index contributed by atoms with van der Waals surface area (Å²) in [4.78, 5) is 38.5. The zero-order valence-corrected chi connectivity index (χ0v) is 16.5. The Morgan fingerprint density at radius 1 is 1.11 bits per heavy atom. The molecule has 9 heteroatoms. The Labute approximate surface area is 166 Å². The fourth-order valence-corrected chi connectivity index (χ4v) is 3.79. The van der Waals surface area contributed by atoms with Gasteiger partial charge in [0.1, 0.15) is 4.88 Å². The Morgan fingerprint density at radius 2 is 1.86 bits per heavy atom. The zero-order valence-electron chi connectivity index (χ0n) is 15.7. The molecule has 1 atom stereocenters. The van der Waals surface area contributed by atoms with Crippen LogP contribution in [0.2, 0.25) is 0 Å². The molecule has 8 nitrogen and oxygen atoms in total. The second-order valence-corrected chi connectivity index (χ2v) is 7.17. The predicted octanol–water partition coefficient (Wildman–Crippen LogP) is 2.54. The molecule has 1 unspecified atom stereocenters. The molecule has 1 aromatic heterocycles. The van der Waals surface area contributed by atoms with Gasteiger partial charge in [-0.05, 0) is 24.3 Å². The van der Waals surface area contributed by atoms with Crippen LogP contribution in [0.15, 0.2) is 30.3 Å². The fraction of sp³-hybridized carbons (Fsp3) is 0.316. The van der Waals surface area contributed by atoms with Gasteiger partial charge in [-0.2, -0.15) is 0 Å². The molecule has 0 bridgehead atoms. The molecule has 0 aliphatic carbocycles. The first-order valence-corrected chi connectivity index (χ1v) is 9.30. The first-order chi connectivity index (χ1) is 13.5. The highest BCUT2D eigenvalue weighted by Gasteiger charge is 2.35. The van der Waals surface area contributed by atoms with E-state index in [9.17, 15) is 14.4 Å². The number of benzene rings is 1. The molecule has 0 spiro atoms. The standard InChI is InChI=1S/C19H20N2O6S/c1-25-13-5-4-12(9-14(13)26-2)21-10-11(8-17(21)22)18(23)20-16-7-6-15(28-16)19(24)27-3/h4-7,9,11H,8,10H2,1-3H3,(H,20,23). The number of hydrogen-bond acceptors (Lipinski definition) is 7. The smallest absolute Gasteiger partial charge is 0.348 e. The fourth-order valence-electron chi connectivity index (χ4n) is 2.96. The average Bonchev–Trinajstić information content (AvgIpc) is 3.33. The minimum absolute atomic E-state index is 0.107. The minimum Gasteiger partial charge on any atom is -0.493 e. The van der Waals surface area contributed by atoms with Crippen molar-refractivity contribution in [2.45, 2.75) is 6.42 Å². The summed E-state index contributed by atoms with van der Waals surface area (Å²) in [6.45, 7) is 0.259. The van der Waals surface area contributed by atoms with Crippen molar-refractivity contribution in [1.82, 2.24) is 0 Å². The van der Waals surface area contributed by atoms with Gasteiger partial charge in [-0.15, -0.1) is 11.3 Å². The molecule has 1 aliphatic heterocycles. The number of methoxy groups -OCH3 is 3. The van der Waals surface area contributed by atoms with E-state index in [-0.39, 0.29) is 24.8 Å². The molecule has 1 N–H and O–H groups in total. The van der Waals surface area contributed by atoms with E-state index in [1.807, 2.05) is 0 Å². The second kappa shape index (κ2) is 8.30. The molecule has 0 saturated carbocycles. The van der Waals surface area contributed by atoms with Gasteiger partial charge in [-0.25, -0.2) is 4.79 Å². The van der Waals surface area contributed by atoms with Gasteiger partial charge in [0, 0.05) is 24.7 Å². The van der Waals surface area contributed by atoms with Gasteiger partial charge in [0.25, 0.3) is 0 Å². The van der Waals surface area contributed by atoms with Crippen LogP contribution >= 0.6 is 11.3 Å². The topological polar surface area (TPSA) is 94.2 Å². The molecular formula is C19H20N2O6S. The minimum atomic E-state index is -0.496. The second-order valence-electron chi connectivity index (χ2n) is 6.09. The summed E-state index contributed by atoms with van der Waals surface area (Å²) in [5.74, 6) is -0.297. The van der Waals surface area contributed by atoms with E-state index < -0.39 is 11.9 Å². The maximum Gasteiger partial charge on any atom is 0.348 e. The largest absolute Gasteiger partial charge is 0.493 e. The van der Waals surface area contributed by atoms with Crippen LogP contribution in [-0.4, -0.2) is 45.7 Å². The van der Waals surface area contributed by atoms with Crippen molar-refractivity contribution >= 4 is 39.8 Å². The highest BCUT2D eigenvalue weighted by Crippen LogP contribution is 2.34. The van der Waals surface area contributed by atoms with Crippen LogP contribution in [0.3, 0.4) is 0 Å². The van der Waals surface area contributed by atoms with Gasteiger partial charge in [0.05, 0.1) is 32.2 Å². The van der Waals surface area contributed by atoms with Crippen LogP contribution in [-0.2, 0) is 14.3 Å². The van der Waals surface area contributed by atoms with Gasteiger partial charge in [0.15, 0.2) is 11.5 Å². The van der Waals surface area contributed by atoms with E-state index in [0.717, 1.165) is 11.3 Å². The van der Waals surface area contributed by atoms with Crippen molar-refractivity contribution in [3.8, 4) is 11.5 Å². The van der Waals surface area contributed by atoms with E-state index in [4.69, 9.17) is 9.47 Å². The number of carbonyl (C=O) groups excluding carboxylic acids is 3. The molecule has 2 heterocycles. The number of amides is 2. The van der Waals surface area contributed by atoms with Crippen molar-refractivity contribution in [1.29, 1.82) is 0 Å². The summed E-state index contributed by atoms with van der Waals surface area (Å²) in [7, 11) is 4.36. The molecule has 2 aromatic rings. The lowest BCUT2D eigenvalue weighted by Gasteiger charge is -2.18. The lowest BCUT2D eigenvalue weighted by atomic mass is 10.1. The van der Waals surface area contributed by atoms with Crippen molar-refractivity contribution in [2.24, 2.45) is 5.92 Å². The lowest BCUT2D eigenvalue weighted by Crippen LogP contribution is -2.28. The van der Waals surface area contributed by atoms with Crippen LogP contribution in [0.5, 0.6) is 11.5 Å². The lowest BCUT2D eigenvalue weighted by molar-refractivity contribution is -0.122. The maximum absolute atomic E-state index is 12.6. The van der Waals surface area contributed by atoms with E-state index in [1.54, 1.807) is 35.2 Å². The number of rotatable bonds is 6.